The second-order valence-corrected chi connectivity index (χ2v) is 6.62. The van der Waals surface area contributed by atoms with Crippen LogP contribution in [0.25, 0.3) is 0 Å². The van der Waals surface area contributed by atoms with Gasteiger partial charge in [0.2, 0.25) is 0 Å². The minimum Gasteiger partial charge on any atom is -0.326 e. The molecule has 1 fully saturated rings. The lowest BCUT2D eigenvalue weighted by atomic mass is 10.2. The van der Waals surface area contributed by atoms with Crippen molar-refractivity contribution >= 4 is 10.2 Å². The van der Waals surface area contributed by atoms with Gasteiger partial charge in [0, 0.05) is 32.7 Å². The SMILES string of the molecule is CC(C)CN(C)S(=O)(=O)N1CC[C@@H](N)C1. The molecule has 0 bridgehead atoms. The van der Waals surface area contributed by atoms with Crippen molar-refractivity contribution in [2.75, 3.05) is 26.7 Å². The molecule has 2 N–H and O–H groups in total. The number of nitrogens with zero attached hydrogens (tertiary/aromatic N) is 2. The monoisotopic (exact) mass is 235 g/mol. The van der Waals surface area contributed by atoms with Gasteiger partial charge >= 0.3 is 0 Å². The van der Waals surface area contributed by atoms with E-state index in [1.807, 2.05) is 13.8 Å². The van der Waals surface area contributed by atoms with E-state index in [-0.39, 0.29) is 6.04 Å². The van der Waals surface area contributed by atoms with E-state index in [1.54, 1.807) is 7.05 Å². The van der Waals surface area contributed by atoms with Crippen LogP contribution in [0.15, 0.2) is 0 Å². The highest BCUT2D eigenvalue weighted by Crippen LogP contribution is 2.15. The van der Waals surface area contributed by atoms with E-state index in [2.05, 4.69) is 0 Å². The highest BCUT2D eigenvalue weighted by atomic mass is 32.2. The summed E-state index contributed by atoms with van der Waals surface area (Å²) in [5.74, 6) is 0.334. The van der Waals surface area contributed by atoms with Crippen LogP contribution in [0.5, 0.6) is 0 Å². The molecule has 0 spiro atoms. The van der Waals surface area contributed by atoms with Crippen LogP contribution in [0.2, 0.25) is 0 Å². The van der Waals surface area contributed by atoms with E-state index < -0.39 is 10.2 Å². The van der Waals surface area contributed by atoms with Gasteiger partial charge in [-0.05, 0) is 12.3 Å². The van der Waals surface area contributed by atoms with Crippen molar-refractivity contribution in [1.29, 1.82) is 0 Å². The second kappa shape index (κ2) is 4.78. The highest BCUT2D eigenvalue weighted by Gasteiger charge is 2.32. The predicted molar refractivity (Wildman–Crippen MR) is 60.6 cm³/mol. The van der Waals surface area contributed by atoms with Crippen LogP contribution in [0.1, 0.15) is 20.3 Å². The van der Waals surface area contributed by atoms with Gasteiger partial charge in [-0.25, -0.2) is 0 Å². The Balaban J connectivity index is 2.66. The standard InChI is InChI=1S/C9H21N3O2S/c1-8(2)6-11(3)15(13,14)12-5-4-9(10)7-12/h8-9H,4-7,10H2,1-3H3/t9-/m1/s1. The lowest BCUT2D eigenvalue weighted by Gasteiger charge is -2.25. The van der Waals surface area contributed by atoms with Crippen LogP contribution in [0.3, 0.4) is 0 Å². The van der Waals surface area contributed by atoms with Crippen LogP contribution in [-0.4, -0.2) is 49.8 Å². The molecule has 0 radical (unpaired) electrons. The maximum Gasteiger partial charge on any atom is 0.281 e. The Morgan fingerprint density at radius 1 is 1.53 bits per heavy atom. The van der Waals surface area contributed by atoms with E-state index in [0.717, 1.165) is 6.42 Å². The molecule has 90 valence electrons. The average Bonchev–Trinajstić information content (AvgIpc) is 2.50. The minimum absolute atomic E-state index is 0.00720. The Kier molecular flexibility index (Phi) is 4.11. The first-order valence-electron chi connectivity index (χ1n) is 5.31. The highest BCUT2D eigenvalue weighted by molar-refractivity contribution is 7.86. The summed E-state index contributed by atoms with van der Waals surface area (Å²) >= 11 is 0. The summed E-state index contributed by atoms with van der Waals surface area (Å²) in [6, 6.07) is -0.00720. The maximum atomic E-state index is 12.0. The zero-order chi connectivity index (χ0) is 11.6. The third-order valence-corrected chi connectivity index (χ3v) is 4.45. The number of hydrogen-bond acceptors (Lipinski definition) is 3. The molecule has 0 unspecified atom stereocenters. The lowest BCUT2D eigenvalue weighted by Crippen LogP contribution is -2.43. The van der Waals surface area contributed by atoms with E-state index in [4.69, 9.17) is 5.73 Å². The molecule has 0 amide bonds. The first kappa shape index (κ1) is 12.9. The summed E-state index contributed by atoms with van der Waals surface area (Å²) in [6.07, 6.45) is 0.759. The van der Waals surface area contributed by atoms with Crippen molar-refractivity contribution in [2.45, 2.75) is 26.3 Å². The molecule has 1 rings (SSSR count). The van der Waals surface area contributed by atoms with Crippen LogP contribution in [0, 0.1) is 5.92 Å². The smallest absolute Gasteiger partial charge is 0.281 e. The van der Waals surface area contributed by atoms with Crippen LogP contribution in [0.4, 0.5) is 0 Å². The maximum absolute atomic E-state index is 12.0. The molecule has 0 aromatic heterocycles. The fourth-order valence-electron chi connectivity index (χ4n) is 1.77. The minimum atomic E-state index is -3.28. The second-order valence-electron chi connectivity index (χ2n) is 4.59. The zero-order valence-electron chi connectivity index (χ0n) is 9.68. The first-order valence-corrected chi connectivity index (χ1v) is 6.70. The Hall–Kier alpha value is -0.170. The molecule has 1 aliphatic heterocycles. The van der Waals surface area contributed by atoms with Gasteiger partial charge in [-0.15, -0.1) is 0 Å². The molecular weight excluding hydrogens is 214 g/mol. The fourth-order valence-corrected chi connectivity index (χ4v) is 3.37. The normalized spacial score (nSPS) is 24.3. The largest absolute Gasteiger partial charge is 0.326 e. The zero-order valence-corrected chi connectivity index (χ0v) is 10.5. The molecule has 0 aromatic carbocycles. The van der Waals surface area contributed by atoms with Crippen molar-refractivity contribution < 1.29 is 8.42 Å². The average molecular weight is 235 g/mol. The molecule has 0 aliphatic carbocycles. The quantitative estimate of drug-likeness (QED) is 0.737. The van der Waals surface area contributed by atoms with Gasteiger partial charge in [0.25, 0.3) is 10.2 Å². The molecule has 0 saturated carbocycles. The molecule has 1 atom stereocenters. The Labute approximate surface area is 92.4 Å². The van der Waals surface area contributed by atoms with E-state index in [0.29, 0.717) is 25.6 Å². The van der Waals surface area contributed by atoms with Crippen molar-refractivity contribution in [3.05, 3.63) is 0 Å². The fraction of sp³-hybridized carbons (Fsp3) is 1.00. The van der Waals surface area contributed by atoms with Gasteiger partial charge in [0.05, 0.1) is 0 Å². The van der Waals surface area contributed by atoms with E-state index in [1.165, 1.54) is 8.61 Å². The molecule has 5 nitrogen and oxygen atoms in total. The molecule has 1 saturated heterocycles. The number of rotatable bonds is 4. The summed E-state index contributed by atoms with van der Waals surface area (Å²) in [7, 11) is -1.66. The van der Waals surface area contributed by atoms with Gasteiger partial charge in [-0.1, -0.05) is 13.8 Å². The molecule has 6 heteroatoms. The third kappa shape index (κ3) is 3.14. The van der Waals surface area contributed by atoms with E-state index >= 15 is 0 Å². The van der Waals surface area contributed by atoms with Gasteiger partial charge in [-0.3, -0.25) is 0 Å². The molecular formula is C9H21N3O2S. The van der Waals surface area contributed by atoms with Crippen molar-refractivity contribution in [1.82, 2.24) is 8.61 Å². The van der Waals surface area contributed by atoms with Crippen LogP contribution in [-0.2, 0) is 10.2 Å². The lowest BCUT2D eigenvalue weighted by molar-refractivity contribution is 0.366. The molecule has 0 aromatic rings. The Bertz CT molecular complexity index is 302. The summed E-state index contributed by atoms with van der Waals surface area (Å²) in [4.78, 5) is 0. The summed E-state index contributed by atoms with van der Waals surface area (Å²) in [6.45, 7) is 5.55. The van der Waals surface area contributed by atoms with Gasteiger partial charge in [-0.2, -0.15) is 17.0 Å². The number of nitrogens with two attached hydrogens (primary N) is 1. The number of hydrogen-bond donors (Lipinski definition) is 1. The van der Waals surface area contributed by atoms with Crippen molar-refractivity contribution in [3.8, 4) is 0 Å². The summed E-state index contributed by atoms with van der Waals surface area (Å²) < 4.78 is 26.9. The summed E-state index contributed by atoms with van der Waals surface area (Å²) in [5.41, 5.74) is 5.70. The predicted octanol–water partition coefficient (Wildman–Crippen LogP) is -0.148. The van der Waals surface area contributed by atoms with Crippen molar-refractivity contribution in [3.63, 3.8) is 0 Å². The van der Waals surface area contributed by atoms with Gasteiger partial charge in [0.15, 0.2) is 0 Å². The Morgan fingerprint density at radius 3 is 2.53 bits per heavy atom. The van der Waals surface area contributed by atoms with Crippen LogP contribution < -0.4 is 5.73 Å². The molecule has 15 heavy (non-hydrogen) atoms. The van der Waals surface area contributed by atoms with Crippen LogP contribution >= 0.6 is 0 Å². The van der Waals surface area contributed by atoms with Gasteiger partial charge < -0.3 is 5.73 Å². The van der Waals surface area contributed by atoms with E-state index in [9.17, 15) is 8.42 Å². The molecule has 1 heterocycles. The van der Waals surface area contributed by atoms with Crippen molar-refractivity contribution in [2.24, 2.45) is 11.7 Å². The molecule has 1 aliphatic rings. The topological polar surface area (TPSA) is 66.6 Å². The summed E-state index contributed by atoms with van der Waals surface area (Å²) in [5, 5.41) is 0. The van der Waals surface area contributed by atoms with Gasteiger partial charge in [0.1, 0.15) is 0 Å². The Morgan fingerprint density at radius 2 is 2.13 bits per heavy atom. The third-order valence-electron chi connectivity index (χ3n) is 2.53. The first-order chi connectivity index (χ1) is 6.84.